The van der Waals surface area contributed by atoms with E-state index in [0.717, 1.165) is 4.90 Å². The summed E-state index contributed by atoms with van der Waals surface area (Å²) in [6.07, 6.45) is 0. The highest BCUT2D eigenvalue weighted by atomic mass is 35.6. The van der Waals surface area contributed by atoms with Crippen LogP contribution in [0, 0.1) is 0 Å². The van der Waals surface area contributed by atoms with Gasteiger partial charge in [-0.2, -0.15) is 0 Å². The lowest BCUT2D eigenvalue weighted by molar-refractivity contribution is -0.119. The summed E-state index contributed by atoms with van der Waals surface area (Å²) in [5.41, 5.74) is 0. The van der Waals surface area contributed by atoms with Crippen LogP contribution >= 0.6 is 34.8 Å². The standard InChI is InChI=1S/C5H8Cl3NO2/c1-4(11)2-9(3-10)5(6,7)8/h10H,2-3H2,1H3. The average Bonchev–Trinajstić information content (AvgIpc) is 1.79. The van der Waals surface area contributed by atoms with Crippen LogP contribution in [0.25, 0.3) is 0 Å². The summed E-state index contributed by atoms with van der Waals surface area (Å²) < 4.78 is -1.72. The van der Waals surface area contributed by atoms with Crippen molar-refractivity contribution in [2.24, 2.45) is 0 Å². The molecule has 6 heteroatoms. The number of carbonyl (C=O) groups is 1. The summed E-state index contributed by atoms with van der Waals surface area (Å²) in [7, 11) is 0. The number of Topliss-reactive ketones (excluding diaryl/α,β-unsaturated/α-hetero) is 1. The van der Waals surface area contributed by atoms with Gasteiger partial charge in [-0.3, -0.25) is 4.79 Å². The van der Waals surface area contributed by atoms with Crippen LogP contribution in [-0.4, -0.2) is 33.0 Å². The van der Waals surface area contributed by atoms with Gasteiger partial charge in [-0.05, 0) is 6.92 Å². The molecule has 3 nitrogen and oxygen atoms in total. The van der Waals surface area contributed by atoms with Gasteiger partial charge in [-0.25, -0.2) is 4.90 Å². The Hall–Kier alpha value is 0.460. The molecule has 0 saturated heterocycles. The normalized spacial score (nSPS) is 12.2. The molecule has 0 aromatic carbocycles. The molecular formula is C5H8Cl3NO2. The van der Waals surface area contributed by atoms with E-state index in [0.29, 0.717) is 0 Å². The van der Waals surface area contributed by atoms with Gasteiger partial charge in [-0.1, -0.05) is 34.8 Å². The van der Waals surface area contributed by atoms with Crippen molar-refractivity contribution < 1.29 is 9.90 Å². The molecule has 0 saturated carbocycles. The molecule has 0 bridgehead atoms. The first kappa shape index (κ1) is 11.5. The zero-order chi connectivity index (χ0) is 9.07. The minimum absolute atomic E-state index is 0.0764. The van der Waals surface area contributed by atoms with Gasteiger partial charge < -0.3 is 5.11 Å². The first-order valence-corrected chi connectivity index (χ1v) is 3.93. The summed E-state index contributed by atoms with van der Waals surface area (Å²) in [5, 5.41) is 8.63. The molecule has 0 aliphatic carbocycles. The maximum Gasteiger partial charge on any atom is 0.249 e. The number of hydrogen-bond donors (Lipinski definition) is 1. The SMILES string of the molecule is CC(=O)CN(CO)C(Cl)(Cl)Cl. The zero-order valence-electron chi connectivity index (χ0n) is 5.85. The number of aliphatic hydroxyl groups is 1. The quantitative estimate of drug-likeness (QED) is 0.441. The van der Waals surface area contributed by atoms with Crippen molar-refractivity contribution in [3.05, 3.63) is 0 Å². The molecule has 0 aromatic heterocycles. The van der Waals surface area contributed by atoms with Gasteiger partial charge in [0.25, 0.3) is 0 Å². The molecule has 0 unspecified atom stereocenters. The summed E-state index contributed by atoms with van der Waals surface area (Å²) >= 11 is 16.2. The fourth-order valence-corrected chi connectivity index (χ4v) is 0.828. The Kier molecular flexibility index (Phi) is 4.66. The predicted molar refractivity (Wildman–Crippen MR) is 44.8 cm³/mol. The maximum atomic E-state index is 10.5. The molecule has 0 fully saturated rings. The third kappa shape index (κ3) is 4.82. The Morgan fingerprint density at radius 1 is 1.55 bits per heavy atom. The highest BCUT2D eigenvalue weighted by Gasteiger charge is 2.29. The number of halogens is 3. The number of nitrogens with zero attached hydrogens (tertiary/aromatic N) is 1. The van der Waals surface area contributed by atoms with Crippen LogP contribution in [0.15, 0.2) is 0 Å². The lowest BCUT2D eigenvalue weighted by atomic mass is 10.4. The fraction of sp³-hybridized carbons (Fsp3) is 0.800. The van der Waals surface area contributed by atoms with Crippen LogP contribution in [0.5, 0.6) is 0 Å². The molecule has 1 N–H and O–H groups in total. The van der Waals surface area contributed by atoms with Crippen molar-refractivity contribution in [2.45, 2.75) is 10.8 Å². The van der Waals surface area contributed by atoms with Crippen LogP contribution in [0.1, 0.15) is 6.92 Å². The van der Waals surface area contributed by atoms with Gasteiger partial charge in [0.15, 0.2) is 0 Å². The van der Waals surface area contributed by atoms with E-state index >= 15 is 0 Å². The molecule has 11 heavy (non-hydrogen) atoms. The lowest BCUT2D eigenvalue weighted by Crippen LogP contribution is -2.39. The Morgan fingerprint density at radius 3 is 2.09 bits per heavy atom. The number of aliphatic hydroxyl groups excluding tert-OH is 1. The van der Waals surface area contributed by atoms with Crippen molar-refractivity contribution in [1.82, 2.24) is 4.90 Å². The van der Waals surface area contributed by atoms with Crippen molar-refractivity contribution >= 4 is 40.6 Å². The van der Waals surface area contributed by atoms with Gasteiger partial charge in [0.1, 0.15) is 5.78 Å². The highest BCUT2D eigenvalue weighted by Crippen LogP contribution is 2.29. The van der Waals surface area contributed by atoms with Crippen LogP contribution in [0.3, 0.4) is 0 Å². The number of rotatable bonds is 3. The molecule has 0 aliphatic rings. The van der Waals surface area contributed by atoms with Gasteiger partial charge in [0.2, 0.25) is 3.92 Å². The molecule has 0 amide bonds. The Balaban J connectivity index is 4.07. The highest BCUT2D eigenvalue weighted by molar-refractivity contribution is 6.67. The van der Waals surface area contributed by atoms with Gasteiger partial charge in [0, 0.05) is 0 Å². The molecule has 0 aliphatic heterocycles. The molecule has 0 atom stereocenters. The molecule has 0 rings (SSSR count). The number of carbonyl (C=O) groups excluding carboxylic acids is 1. The monoisotopic (exact) mass is 219 g/mol. The third-order valence-corrected chi connectivity index (χ3v) is 1.66. The Labute approximate surface area is 79.8 Å². The van der Waals surface area contributed by atoms with Crippen LogP contribution in [0.4, 0.5) is 0 Å². The molecule has 0 spiro atoms. The Bertz CT molecular complexity index is 145. The summed E-state index contributed by atoms with van der Waals surface area (Å²) in [4.78, 5) is 11.5. The van der Waals surface area contributed by atoms with E-state index in [2.05, 4.69) is 0 Å². The van der Waals surface area contributed by atoms with E-state index in [1.807, 2.05) is 0 Å². The largest absolute Gasteiger partial charge is 0.381 e. The molecular weight excluding hydrogens is 212 g/mol. The van der Waals surface area contributed by atoms with Crippen molar-refractivity contribution in [3.63, 3.8) is 0 Å². The lowest BCUT2D eigenvalue weighted by Gasteiger charge is -2.25. The summed E-state index contributed by atoms with van der Waals surface area (Å²) in [5.74, 6) is -0.176. The molecule has 66 valence electrons. The van der Waals surface area contributed by atoms with E-state index in [1.54, 1.807) is 0 Å². The van der Waals surface area contributed by atoms with Crippen molar-refractivity contribution in [1.29, 1.82) is 0 Å². The summed E-state index contributed by atoms with van der Waals surface area (Å²) in [6.45, 7) is 0.808. The second-order valence-electron chi connectivity index (χ2n) is 2.01. The fourth-order valence-electron chi connectivity index (χ4n) is 0.489. The maximum absolute atomic E-state index is 10.5. The molecule has 0 radical (unpaired) electrons. The van der Waals surface area contributed by atoms with Crippen molar-refractivity contribution in [2.75, 3.05) is 13.3 Å². The number of hydrogen-bond acceptors (Lipinski definition) is 3. The van der Waals surface area contributed by atoms with E-state index in [4.69, 9.17) is 39.9 Å². The first-order chi connectivity index (χ1) is 4.88. The van der Waals surface area contributed by atoms with Gasteiger partial charge >= 0.3 is 0 Å². The topological polar surface area (TPSA) is 40.5 Å². The number of ketones is 1. The minimum Gasteiger partial charge on any atom is -0.381 e. The minimum atomic E-state index is -1.72. The predicted octanol–water partition coefficient (Wildman–Crippen LogP) is 1.15. The van der Waals surface area contributed by atoms with Crippen LogP contribution in [-0.2, 0) is 4.79 Å². The summed E-state index contributed by atoms with van der Waals surface area (Å²) in [6, 6.07) is 0. The van der Waals surface area contributed by atoms with E-state index in [9.17, 15) is 4.79 Å². The second kappa shape index (κ2) is 4.48. The van der Waals surface area contributed by atoms with E-state index < -0.39 is 10.6 Å². The third-order valence-electron chi connectivity index (χ3n) is 0.943. The van der Waals surface area contributed by atoms with E-state index in [-0.39, 0.29) is 12.3 Å². The molecule has 0 aromatic rings. The van der Waals surface area contributed by atoms with Gasteiger partial charge in [0.05, 0.1) is 13.3 Å². The number of alkyl halides is 3. The van der Waals surface area contributed by atoms with Crippen LogP contribution < -0.4 is 0 Å². The van der Waals surface area contributed by atoms with E-state index in [1.165, 1.54) is 6.92 Å². The molecule has 0 heterocycles. The Morgan fingerprint density at radius 2 is 2.00 bits per heavy atom. The van der Waals surface area contributed by atoms with Crippen LogP contribution in [0.2, 0.25) is 0 Å². The average molecular weight is 220 g/mol. The van der Waals surface area contributed by atoms with Gasteiger partial charge in [-0.15, -0.1) is 0 Å². The second-order valence-corrected chi connectivity index (χ2v) is 4.23. The van der Waals surface area contributed by atoms with Crippen molar-refractivity contribution in [3.8, 4) is 0 Å². The zero-order valence-corrected chi connectivity index (χ0v) is 8.12. The first-order valence-electron chi connectivity index (χ1n) is 2.80. The smallest absolute Gasteiger partial charge is 0.249 e.